The molecule has 0 saturated heterocycles. The molecule has 0 saturated carbocycles. The summed E-state index contributed by atoms with van der Waals surface area (Å²) < 4.78 is 5.46. The second kappa shape index (κ2) is 8.32. The molecular weight excluding hydrogens is 310 g/mol. The van der Waals surface area contributed by atoms with Crippen LogP contribution in [0.2, 0.25) is 0 Å². The van der Waals surface area contributed by atoms with Crippen molar-refractivity contribution in [1.82, 2.24) is 0 Å². The summed E-state index contributed by atoms with van der Waals surface area (Å²) in [6, 6.07) is 29.4. The number of nitrogens with zero attached hydrogens (tertiary/aromatic N) is 3. The largest absolute Gasteiger partial charge is 0.478 e. The van der Waals surface area contributed by atoms with Crippen LogP contribution in [0, 0.1) is 11.3 Å². The Morgan fingerprint density at radius 1 is 0.840 bits per heavy atom. The summed E-state index contributed by atoms with van der Waals surface area (Å²) in [4.78, 5) is 0. The van der Waals surface area contributed by atoms with Gasteiger partial charge in [-0.15, -0.1) is 0 Å². The van der Waals surface area contributed by atoms with Gasteiger partial charge in [0.05, 0.1) is 17.6 Å². The van der Waals surface area contributed by atoms with Crippen LogP contribution in [0.3, 0.4) is 0 Å². The first-order chi connectivity index (χ1) is 12.4. The first kappa shape index (κ1) is 16.3. The van der Waals surface area contributed by atoms with Crippen LogP contribution in [-0.4, -0.2) is 12.8 Å². The van der Waals surface area contributed by atoms with E-state index in [4.69, 9.17) is 10.00 Å². The van der Waals surface area contributed by atoms with Crippen LogP contribution in [0.25, 0.3) is 0 Å². The minimum Gasteiger partial charge on any atom is -0.478 e. The first-order valence-corrected chi connectivity index (χ1v) is 7.91. The van der Waals surface area contributed by atoms with Crippen molar-refractivity contribution in [3.05, 3.63) is 90.5 Å². The normalized spacial score (nSPS) is 10.4. The van der Waals surface area contributed by atoms with Crippen LogP contribution < -0.4 is 9.75 Å². The maximum Gasteiger partial charge on any atom is 0.174 e. The van der Waals surface area contributed by atoms with E-state index in [9.17, 15) is 0 Å². The van der Waals surface area contributed by atoms with Gasteiger partial charge in [-0.1, -0.05) is 48.5 Å². The molecule has 0 spiro atoms. The number of anilines is 2. The van der Waals surface area contributed by atoms with Gasteiger partial charge in [0.25, 0.3) is 0 Å². The second-order valence-electron chi connectivity index (χ2n) is 5.21. The lowest BCUT2D eigenvalue weighted by atomic mass is 10.2. The van der Waals surface area contributed by atoms with E-state index in [2.05, 4.69) is 5.10 Å². The molecule has 0 radical (unpaired) electrons. The van der Waals surface area contributed by atoms with E-state index < -0.39 is 0 Å². The van der Waals surface area contributed by atoms with Crippen molar-refractivity contribution >= 4 is 17.6 Å². The highest BCUT2D eigenvalue weighted by Gasteiger charge is 2.07. The Bertz CT molecular complexity index is 831. The molecule has 3 aromatic rings. The smallest absolute Gasteiger partial charge is 0.174 e. The van der Waals surface area contributed by atoms with Gasteiger partial charge in [0, 0.05) is 5.56 Å². The highest BCUT2D eigenvalue weighted by Crippen LogP contribution is 2.25. The third kappa shape index (κ3) is 4.24. The fourth-order valence-corrected chi connectivity index (χ4v) is 2.37. The summed E-state index contributed by atoms with van der Waals surface area (Å²) in [5, 5.41) is 15.2. The molecule has 4 heteroatoms. The molecule has 3 rings (SSSR count). The summed E-state index contributed by atoms with van der Waals surface area (Å²) >= 11 is 0. The van der Waals surface area contributed by atoms with Gasteiger partial charge < -0.3 is 4.74 Å². The molecular formula is C21H17N3O. The number of rotatable bonds is 6. The highest BCUT2D eigenvalue weighted by molar-refractivity contribution is 5.85. The van der Waals surface area contributed by atoms with Gasteiger partial charge in [-0.25, -0.2) is 5.01 Å². The molecule has 4 nitrogen and oxygen atoms in total. The summed E-state index contributed by atoms with van der Waals surface area (Å²) in [5.41, 5.74) is 2.73. The predicted molar refractivity (Wildman–Crippen MR) is 100 cm³/mol. The summed E-state index contributed by atoms with van der Waals surface area (Å²) in [6.45, 7) is 0.00589. The van der Waals surface area contributed by atoms with Crippen LogP contribution in [0.1, 0.15) is 5.56 Å². The fourth-order valence-electron chi connectivity index (χ4n) is 2.37. The molecule has 0 atom stereocenters. The van der Waals surface area contributed by atoms with E-state index >= 15 is 0 Å². The topological polar surface area (TPSA) is 48.6 Å². The number of nitriles is 1. The molecule has 0 fully saturated rings. The molecule has 122 valence electrons. The minimum absolute atomic E-state index is 0.00589. The molecule has 0 N–H and O–H groups in total. The SMILES string of the molecule is N#CCOc1ccccc1/C=N\N(c1ccccc1)c1ccccc1. The number of hydrogen-bond donors (Lipinski definition) is 0. The highest BCUT2D eigenvalue weighted by atomic mass is 16.5. The Morgan fingerprint density at radius 2 is 1.40 bits per heavy atom. The van der Waals surface area contributed by atoms with Gasteiger partial charge in [-0.3, -0.25) is 0 Å². The zero-order valence-electron chi connectivity index (χ0n) is 13.6. The van der Waals surface area contributed by atoms with Crippen LogP contribution in [0.15, 0.2) is 90.0 Å². The third-order valence-corrected chi connectivity index (χ3v) is 3.53. The van der Waals surface area contributed by atoms with Crippen LogP contribution in [-0.2, 0) is 0 Å². The minimum atomic E-state index is 0.00589. The molecule has 0 aliphatic carbocycles. The maximum absolute atomic E-state index is 8.72. The number of ether oxygens (including phenoxy) is 1. The van der Waals surface area contributed by atoms with Crippen molar-refractivity contribution < 1.29 is 4.74 Å². The number of para-hydroxylation sites is 3. The average Bonchev–Trinajstić information content (AvgIpc) is 2.69. The Kier molecular flexibility index (Phi) is 5.42. The first-order valence-electron chi connectivity index (χ1n) is 7.91. The fraction of sp³-hybridized carbons (Fsp3) is 0.0476. The van der Waals surface area contributed by atoms with Gasteiger partial charge in [0.15, 0.2) is 6.61 Å². The van der Waals surface area contributed by atoms with Crippen LogP contribution >= 0.6 is 0 Å². The van der Waals surface area contributed by atoms with Crippen molar-refractivity contribution in [2.45, 2.75) is 0 Å². The van der Waals surface area contributed by atoms with Crippen molar-refractivity contribution in [1.29, 1.82) is 5.26 Å². The molecule has 0 amide bonds. The van der Waals surface area contributed by atoms with Gasteiger partial charge in [0.1, 0.15) is 11.8 Å². The Labute approximate surface area is 147 Å². The van der Waals surface area contributed by atoms with E-state index in [1.807, 2.05) is 96.0 Å². The number of benzene rings is 3. The molecule has 0 unspecified atom stereocenters. The zero-order valence-corrected chi connectivity index (χ0v) is 13.6. The monoisotopic (exact) mass is 327 g/mol. The van der Waals surface area contributed by atoms with Gasteiger partial charge in [-0.2, -0.15) is 10.4 Å². The number of hydrogen-bond acceptors (Lipinski definition) is 4. The van der Waals surface area contributed by atoms with Crippen molar-refractivity contribution in [3.63, 3.8) is 0 Å². The van der Waals surface area contributed by atoms with Crippen LogP contribution in [0.4, 0.5) is 11.4 Å². The van der Waals surface area contributed by atoms with Gasteiger partial charge in [-0.05, 0) is 36.4 Å². The second-order valence-corrected chi connectivity index (χ2v) is 5.21. The lowest BCUT2D eigenvalue weighted by Gasteiger charge is -2.19. The summed E-state index contributed by atoms with van der Waals surface area (Å²) in [5.74, 6) is 0.633. The molecule has 3 aromatic carbocycles. The predicted octanol–water partition coefficient (Wildman–Crippen LogP) is 4.76. The Morgan fingerprint density at radius 3 is 2.00 bits per heavy atom. The lowest BCUT2D eigenvalue weighted by Crippen LogP contribution is -2.09. The Hall–Kier alpha value is -3.58. The molecule has 0 aliphatic rings. The quantitative estimate of drug-likeness (QED) is 0.484. The Balaban J connectivity index is 1.94. The maximum atomic E-state index is 8.72. The van der Waals surface area contributed by atoms with Gasteiger partial charge in [0.2, 0.25) is 0 Å². The lowest BCUT2D eigenvalue weighted by molar-refractivity contribution is 0.367. The molecule has 0 aromatic heterocycles. The van der Waals surface area contributed by atoms with E-state index in [0.717, 1.165) is 16.9 Å². The molecule has 0 heterocycles. The van der Waals surface area contributed by atoms with Crippen LogP contribution in [0.5, 0.6) is 5.75 Å². The molecule has 25 heavy (non-hydrogen) atoms. The van der Waals surface area contributed by atoms with Crippen molar-refractivity contribution in [2.24, 2.45) is 5.10 Å². The number of hydrazone groups is 1. The van der Waals surface area contributed by atoms with Gasteiger partial charge >= 0.3 is 0 Å². The van der Waals surface area contributed by atoms with Crippen molar-refractivity contribution in [2.75, 3.05) is 11.6 Å². The van der Waals surface area contributed by atoms with Crippen molar-refractivity contribution in [3.8, 4) is 11.8 Å². The van der Waals surface area contributed by atoms with E-state index in [-0.39, 0.29) is 6.61 Å². The molecule has 0 bridgehead atoms. The summed E-state index contributed by atoms with van der Waals surface area (Å²) in [7, 11) is 0. The third-order valence-electron chi connectivity index (χ3n) is 3.53. The van der Waals surface area contributed by atoms with E-state index in [1.165, 1.54) is 0 Å². The average molecular weight is 327 g/mol. The summed E-state index contributed by atoms with van der Waals surface area (Å²) in [6.07, 6.45) is 1.74. The standard InChI is InChI=1S/C21H17N3O/c22-15-16-25-21-14-8-7-9-18(21)17-23-24(19-10-3-1-4-11-19)20-12-5-2-6-13-20/h1-14,17H,16H2/b23-17-. The van der Waals surface area contributed by atoms with E-state index in [1.54, 1.807) is 6.21 Å². The van der Waals surface area contributed by atoms with E-state index in [0.29, 0.717) is 5.75 Å². The zero-order chi connectivity index (χ0) is 17.3. The molecule has 0 aliphatic heterocycles.